The van der Waals surface area contributed by atoms with Crippen LogP contribution >= 0.6 is 0 Å². The van der Waals surface area contributed by atoms with E-state index in [4.69, 9.17) is 9.15 Å². The lowest BCUT2D eigenvalue weighted by molar-refractivity contribution is 0.0254. The molecule has 0 amide bonds. The molecule has 0 aliphatic carbocycles. The van der Waals surface area contributed by atoms with Crippen LogP contribution < -0.4 is 0 Å². The summed E-state index contributed by atoms with van der Waals surface area (Å²) in [5.74, 6) is -0.320. The number of carbonyl (C=O) groups excluding carboxylic acids is 1. The van der Waals surface area contributed by atoms with Crippen molar-refractivity contribution in [3.05, 3.63) is 60.1 Å². The zero-order valence-electron chi connectivity index (χ0n) is 9.78. The molecule has 0 aliphatic rings. The van der Waals surface area contributed by atoms with Gasteiger partial charge in [-0.1, -0.05) is 30.3 Å². The van der Waals surface area contributed by atoms with E-state index in [1.807, 2.05) is 30.3 Å². The van der Waals surface area contributed by atoms with Gasteiger partial charge < -0.3 is 14.3 Å². The van der Waals surface area contributed by atoms with E-state index in [1.54, 1.807) is 6.07 Å². The summed E-state index contributed by atoms with van der Waals surface area (Å²) < 4.78 is 10.2. The van der Waals surface area contributed by atoms with Gasteiger partial charge in [-0.3, -0.25) is 4.79 Å². The smallest absolute Gasteiger partial charge is 0.228 e. The molecule has 0 saturated carbocycles. The summed E-state index contributed by atoms with van der Waals surface area (Å²) in [6, 6.07) is 12.7. The summed E-state index contributed by atoms with van der Waals surface area (Å²) in [7, 11) is 0. The number of furan rings is 1. The van der Waals surface area contributed by atoms with Gasteiger partial charge in [-0.25, -0.2) is 0 Å². The second-order valence-corrected chi connectivity index (χ2v) is 3.86. The number of aliphatic hydroxyl groups excluding tert-OH is 1. The van der Waals surface area contributed by atoms with E-state index in [1.165, 1.54) is 12.3 Å². The maximum atomic E-state index is 11.6. The number of aliphatic hydroxyl groups is 1. The van der Waals surface area contributed by atoms with E-state index in [2.05, 4.69) is 0 Å². The van der Waals surface area contributed by atoms with Crippen molar-refractivity contribution in [2.45, 2.75) is 12.7 Å². The van der Waals surface area contributed by atoms with Crippen LogP contribution in [0.2, 0.25) is 0 Å². The highest BCUT2D eigenvalue weighted by atomic mass is 16.5. The Balaban J connectivity index is 1.79. The van der Waals surface area contributed by atoms with Crippen molar-refractivity contribution in [3.8, 4) is 0 Å². The quantitative estimate of drug-likeness (QED) is 0.792. The molecule has 1 N–H and O–H groups in total. The molecule has 1 aromatic carbocycles. The first kappa shape index (κ1) is 12.5. The van der Waals surface area contributed by atoms with Gasteiger partial charge in [0.05, 0.1) is 19.5 Å². The lowest BCUT2D eigenvalue weighted by atomic mass is 10.2. The maximum absolute atomic E-state index is 11.6. The summed E-state index contributed by atoms with van der Waals surface area (Å²) in [5, 5.41) is 9.63. The Morgan fingerprint density at radius 2 is 2.00 bits per heavy atom. The molecule has 4 nitrogen and oxygen atoms in total. The lowest BCUT2D eigenvalue weighted by Gasteiger charge is -2.08. The molecule has 1 atom stereocenters. The van der Waals surface area contributed by atoms with Crippen LogP contribution in [-0.2, 0) is 11.3 Å². The molecule has 2 rings (SSSR count). The number of hydrogen-bond donors (Lipinski definition) is 1. The minimum atomic E-state index is -1.19. The SMILES string of the molecule is O=C(c1ccco1)[C@H](O)COCc1ccccc1. The minimum Gasteiger partial charge on any atom is -0.461 e. The molecule has 1 heterocycles. The number of benzene rings is 1. The van der Waals surface area contributed by atoms with Gasteiger partial charge in [0, 0.05) is 0 Å². The van der Waals surface area contributed by atoms with E-state index in [0.29, 0.717) is 6.61 Å². The molecule has 0 spiro atoms. The van der Waals surface area contributed by atoms with Crippen LogP contribution in [-0.4, -0.2) is 23.6 Å². The Kier molecular flexibility index (Phi) is 4.28. The van der Waals surface area contributed by atoms with Gasteiger partial charge in [-0.2, -0.15) is 0 Å². The second kappa shape index (κ2) is 6.14. The molecule has 1 aromatic heterocycles. The van der Waals surface area contributed by atoms with Crippen LogP contribution in [0.25, 0.3) is 0 Å². The van der Waals surface area contributed by atoms with Crippen molar-refractivity contribution in [1.82, 2.24) is 0 Å². The van der Waals surface area contributed by atoms with Crippen molar-refractivity contribution >= 4 is 5.78 Å². The summed E-state index contributed by atoms with van der Waals surface area (Å²) in [6.07, 6.45) is 0.199. The normalized spacial score (nSPS) is 12.3. The molecular formula is C14H14O4. The fraction of sp³-hybridized carbons (Fsp3) is 0.214. The van der Waals surface area contributed by atoms with Crippen LogP contribution in [0.15, 0.2) is 53.1 Å². The molecule has 0 unspecified atom stereocenters. The first-order valence-electron chi connectivity index (χ1n) is 5.65. The summed E-state index contributed by atoms with van der Waals surface area (Å²) in [6.45, 7) is 0.317. The van der Waals surface area contributed by atoms with Gasteiger partial charge in [-0.05, 0) is 17.7 Å². The molecule has 4 heteroatoms. The summed E-state index contributed by atoms with van der Waals surface area (Å²) in [4.78, 5) is 11.6. The second-order valence-electron chi connectivity index (χ2n) is 3.86. The standard InChI is InChI=1S/C14H14O4/c15-12(14(16)13-7-4-8-18-13)10-17-9-11-5-2-1-3-6-11/h1-8,12,15H,9-10H2/t12-/m1/s1. The van der Waals surface area contributed by atoms with Gasteiger partial charge in [0.15, 0.2) is 5.76 Å². The Labute approximate surface area is 105 Å². The molecule has 18 heavy (non-hydrogen) atoms. The number of ether oxygens (including phenoxy) is 1. The highest BCUT2D eigenvalue weighted by molar-refractivity contribution is 5.96. The van der Waals surface area contributed by atoms with Crippen molar-refractivity contribution in [2.75, 3.05) is 6.61 Å². The van der Waals surface area contributed by atoms with Crippen molar-refractivity contribution in [2.24, 2.45) is 0 Å². The third-order valence-electron chi connectivity index (χ3n) is 2.45. The third kappa shape index (κ3) is 3.29. The van der Waals surface area contributed by atoms with Crippen LogP contribution in [0.5, 0.6) is 0 Å². The fourth-order valence-corrected chi connectivity index (χ4v) is 1.52. The molecule has 0 bridgehead atoms. The van der Waals surface area contributed by atoms with E-state index >= 15 is 0 Å². The molecular weight excluding hydrogens is 232 g/mol. The third-order valence-corrected chi connectivity index (χ3v) is 2.45. The Morgan fingerprint density at radius 3 is 2.67 bits per heavy atom. The van der Waals surface area contributed by atoms with Crippen LogP contribution in [0.4, 0.5) is 0 Å². The minimum absolute atomic E-state index is 0.0472. The molecule has 2 aromatic rings. The van der Waals surface area contributed by atoms with E-state index in [9.17, 15) is 9.90 Å². The van der Waals surface area contributed by atoms with E-state index in [-0.39, 0.29) is 12.4 Å². The molecule has 0 radical (unpaired) electrons. The fourth-order valence-electron chi connectivity index (χ4n) is 1.52. The monoisotopic (exact) mass is 246 g/mol. The average Bonchev–Trinajstić information content (AvgIpc) is 2.93. The highest BCUT2D eigenvalue weighted by Gasteiger charge is 2.19. The van der Waals surface area contributed by atoms with Crippen molar-refractivity contribution in [1.29, 1.82) is 0 Å². The average molecular weight is 246 g/mol. The van der Waals surface area contributed by atoms with Gasteiger partial charge in [0.25, 0.3) is 0 Å². The van der Waals surface area contributed by atoms with E-state index in [0.717, 1.165) is 5.56 Å². The Bertz CT molecular complexity index is 476. The number of rotatable bonds is 6. The topological polar surface area (TPSA) is 59.7 Å². The van der Waals surface area contributed by atoms with Crippen LogP contribution in [0.3, 0.4) is 0 Å². The van der Waals surface area contributed by atoms with Gasteiger partial charge >= 0.3 is 0 Å². The van der Waals surface area contributed by atoms with Crippen LogP contribution in [0, 0.1) is 0 Å². The molecule has 0 saturated heterocycles. The van der Waals surface area contributed by atoms with Gasteiger partial charge in [-0.15, -0.1) is 0 Å². The lowest BCUT2D eigenvalue weighted by Crippen LogP contribution is -2.25. The molecule has 0 fully saturated rings. The van der Waals surface area contributed by atoms with Crippen molar-refractivity contribution < 1.29 is 19.1 Å². The van der Waals surface area contributed by atoms with E-state index < -0.39 is 11.9 Å². The molecule has 94 valence electrons. The van der Waals surface area contributed by atoms with Gasteiger partial charge in [0.2, 0.25) is 5.78 Å². The number of hydrogen-bond acceptors (Lipinski definition) is 4. The molecule has 0 aliphatic heterocycles. The summed E-state index contributed by atoms with van der Waals surface area (Å²) >= 11 is 0. The predicted octanol–water partition coefficient (Wildman–Crippen LogP) is 2.04. The first-order valence-corrected chi connectivity index (χ1v) is 5.65. The largest absolute Gasteiger partial charge is 0.461 e. The van der Waals surface area contributed by atoms with Crippen LogP contribution in [0.1, 0.15) is 16.1 Å². The predicted molar refractivity (Wildman–Crippen MR) is 65.1 cm³/mol. The Hall–Kier alpha value is -1.91. The summed E-state index contributed by atoms with van der Waals surface area (Å²) in [5.41, 5.74) is 0.996. The number of Topliss-reactive ketones (excluding diaryl/α,β-unsaturated/α-hetero) is 1. The van der Waals surface area contributed by atoms with Gasteiger partial charge in [0.1, 0.15) is 6.10 Å². The zero-order chi connectivity index (χ0) is 12.8. The first-order chi connectivity index (χ1) is 8.77. The maximum Gasteiger partial charge on any atom is 0.228 e. The van der Waals surface area contributed by atoms with Crippen molar-refractivity contribution in [3.63, 3.8) is 0 Å². The number of carbonyl (C=O) groups is 1. The number of ketones is 1. The Morgan fingerprint density at radius 1 is 1.22 bits per heavy atom. The zero-order valence-corrected chi connectivity index (χ0v) is 9.78. The highest BCUT2D eigenvalue weighted by Crippen LogP contribution is 2.06.